The molecule has 0 bridgehead atoms. The molecule has 1 aromatic rings. The van der Waals surface area contributed by atoms with Crippen molar-refractivity contribution in [2.75, 3.05) is 0 Å². The van der Waals surface area contributed by atoms with Gasteiger partial charge in [-0.3, -0.25) is 0 Å². The van der Waals surface area contributed by atoms with E-state index in [0.29, 0.717) is 5.04 Å². The first kappa shape index (κ1) is 16.3. The third-order valence-corrected chi connectivity index (χ3v) is 9.84. The summed E-state index contributed by atoms with van der Waals surface area (Å²) in [6.07, 6.45) is 7.90. The van der Waals surface area contributed by atoms with Gasteiger partial charge in [-0.1, -0.05) is 100 Å². The molecular weight excluding hydrogens is 268 g/mol. The number of allylic oxidation sites excluding steroid dienone is 4. The third-order valence-electron chi connectivity index (χ3n) is 5.86. The van der Waals surface area contributed by atoms with Crippen molar-refractivity contribution >= 4 is 14.0 Å². The topological polar surface area (TPSA) is 0 Å². The Kier molecular flexibility index (Phi) is 4.62. The van der Waals surface area contributed by atoms with Crippen LogP contribution in [0.4, 0.5) is 0 Å². The maximum atomic E-state index is 2.50. The summed E-state index contributed by atoms with van der Waals surface area (Å²) in [5.74, 6) is 1.63. The molecule has 1 atom stereocenters. The quantitative estimate of drug-likeness (QED) is 0.668. The maximum absolute atomic E-state index is 2.50. The molecule has 0 fully saturated rings. The molecule has 1 radical (unpaired) electrons. The lowest BCUT2D eigenvalue weighted by molar-refractivity contribution is 0.397. The molecule has 1 aromatic carbocycles. The average Bonchev–Trinajstić information content (AvgIpc) is 3.01. The molecule has 0 spiro atoms. The lowest BCUT2D eigenvalue weighted by Gasteiger charge is -2.46. The van der Waals surface area contributed by atoms with Crippen molar-refractivity contribution in [1.82, 2.24) is 0 Å². The molecule has 0 saturated carbocycles. The Hall–Kier alpha value is -1.08. The van der Waals surface area contributed by atoms with E-state index < -0.39 is 8.80 Å². The Balaban J connectivity index is 2.25. The van der Waals surface area contributed by atoms with E-state index in [9.17, 15) is 0 Å². The Bertz CT molecular complexity index is 534. The smallest absolute Gasteiger partial charge is 0.0739 e. The largest absolute Gasteiger partial charge is 0.0804 e. The van der Waals surface area contributed by atoms with Crippen molar-refractivity contribution in [2.45, 2.75) is 52.6 Å². The van der Waals surface area contributed by atoms with Gasteiger partial charge < -0.3 is 0 Å². The van der Waals surface area contributed by atoms with E-state index in [0.717, 1.165) is 6.42 Å². The second kappa shape index (κ2) is 5.96. The first-order chi connectivity index (χ1) is 9.78. The zero-order valence-electron chi connectivity index (χ0n) is 14.4. The second-order valence-corrected chi connectivity index (χ2v) is 11.0. The molecule has 0 nitrogen and oxygen atoms in total. The predicted octanol–water partition coefficient (Wildman–Crippen LogP) is 5.04. The van der Waals surface area contributed by atoms with Crippen LogP contribution >= 0.6 is 0 Å². The van der Waals surface area contributed by atoms with Crippen molar-refractivity contribution in [2.24, 2.45) is 5.41 Å². The highest BCUT2D eigenvalue weighted by molar-refractivity contribution is 6.75. The van der Waals surface area contributed by atoms with Gasteiger partial charge in [0.25, 0.3) is 0 Å². The van der Waals surface area contributed by atoms with E-state index >= 15 is 0 Å². The highest BCUT2D eigenvalue weighted by Gasteiger charge is 2.43. The fourth-order valence-corrected chi connectivity index (χ4v) is 6.08. The van der Waals surface area contributed by atoms with Gasteiger partial charge in [-0.25, -0.2) is 0 Å². The van der Waals surface area contributed by atoms with Gasteiger partial charge in [0.1, 0.15) is 0 Å². The Morgan fingerprint density at radius 3 is 2.19 bits per heavy atom. The van der Waals surface area contributed by atoms with Gasteiger partial charge in [-0.05, 0) is 22.8 Å². The summed E-state index contributed by atoms with van der Waals surface area (Å²) in [6.45, 7) is 14.6. The van der Waals surface area contributed by atoms with Crippen LogP contribution in [0.25, 0.3) is 0 Å². The lowest BCUT2D eigenvalue weighted by Crippen LogP contribution is -2.44. The van der Waals surface area contributed by atoms with Crippen LogP contribution in [0.2, 0.25) is 11.6 Å². The summed E-state index contributed by atoms with van der Waals surface area (Å²) in [5, 5.41) is 1.87. The van der Waals surface area contributed by atoms with Crippen LogP contribution in [0.5, 0.6) is 0 Å². The first-order valence-corrected chi connectivity index (χ1v) is 10.3. The number of benzene rings is 1. The zero-order valence-corrected chi connectivity index (χ0v) is 15.6. The summed E-state index contributed by atoms with van der Waals surface area (Å²) >= 11 is 0. The molecular formula is C20H29Si. The van der Waals surface area contributed by atoms with Crippen molar-refractivity contribution in [3.63, 3.8) is 0 Å². The van der Waals surface area contributed by atoms with Gasteiger partial charge in [-0.2, -0.15) is 0 Å². The zero-order chi connectivity index (χ0) is 15.7. The molecule has 0 heterocycles. The average molecular weight is 298 g/mol. The molecule has 1 aliphatic rings. The number of rotatable bonds is 5. The van der Waals surface area contributed by atoms with Gasteiger partial charge in [0.05, 0.1) is 8.80 Å². The molecule has 1 heteroatoms. The van der Waals surface area contributed by atoms with E-state index in [-0.39, 0.29) is 5.41 Å². The van der Waals surface area contributed by atoms with Crippen LogP contribution in [0.3, 0.4) is 0 Å². The summed E-state index contributed by atoms with van der Waals surface area (Å²) in [6, 6.07) is 11.1. The minimum absolute atomic E-state index is 0.184. The predicted molar refractivity (Wildman–Crippen MR) is 97.7 cm³/mol. The molecule has 0 aromatic heterocycles. The van der Waals surface area contributed by atoms with Gasteiger partial charge in [0.2, 0.25) is 0 Å². The number of hydrogen-bond acceptors (Lipinski definition) is 0. The lowest BCUT2D eigenvalue weighted by atomic mass is 9.68. The fraction of sp³-hybridized carbons (Fsp3) is 0.450. The maximum Gasteiger partial charge on any atom is 0.0739 e. The molecule has 0 amide bonds. The minimum atomic E-state index is -1.05. The van der Waals surface area contributed by atoms with Crippen molar-refractivity contribution < 1.29 is 0 Å². The standard InChI is InChI=1S/C20H29Si/c1-16(19(2,3)17-12-10-11-13-17)20(4,5)21(6)18-14-8-7-9-15-18/h7-12,14-15,21H,13H2,1-6H3. The molecule has 0 aliphatic heterocycles. The molecule has 21 heavy (non-hydrogen) atoms. The number of hydrogen-bond donors (Lipinski definition) is 0. The monoisotopic (exact) mass is 297 g/mol. The SMILES string of the molecule is C[C](C(C)(C)C1=CC=CC1)C(C)(C)[SiH](C)c1ccccc1. The van der Waals surface area contributed by atoms with Crippen LogP contribution in [0, 0.1) is 11.3 Å². The van der Waals surface area contributed by atoms with Crippen LogP contribution in [0.15, 0.2) is 54.1 Å². The normalized spacial score (nSPS) is 17.2. The Morgan fingerprint density at radius 2 is 1.67 bits per heavy atom. The van der Waals surface area contributed by atoms with E-state index in [2.05, 4.69) is 89.7 Å². The highest BCUT2D eigenvalue weighted by Crippen LogP contribution is 2.53. The van der Waals surface area contributed by atoms with Crippen LogP contribution in [0.1, 0.15) is 41.0 Å². The van der Waals surface area contributed by atoms with E-state index in [1.807, 2.05) is 0 Å². The van der Waals surface area contributed by atoms with Crippen LogP contribution in [-0.2, 0) is 0 Å². The molecule has 1 aliphatic carbocycles. The molecule has 1 unspecified atom stereocenters. The first-order valence-electron chi connectivity index (χ1n) is 8.03. The molecule has 0 saturated heterocycles. The van der Waals surface area contributed by atoms with E-state index in [1.54, 1.807) is 16.7 Å². The highest BCUT2D eigenvalue weighted by atomic mass is 28.3. The van der Waals surface area contributed by atoms with Gasteiger partial charge in [0.15, 0.2) is 0 Å². The van der Waals surface area contributed by atoms with Crippen LogP contribution in [-0.4, -0.2) is 8.80 Å². The van der Waals surface area contributed by atoms with Crippen LogP contribution < -0.4 is 5.19 Å². The van der Waals surface area contributed by atoms with Gasteiger partial charge in [-0.15, -0.1) is 0 Å². The molecule has 113 valence electrons. The molecule has 0 N–H and O–H groups in total. The fourth-order valence-electron chi connectivity index (χ4n) is 3.44. The van der Waals surface area contributed by atoms with Crippen molar-refractivity contribution in [1.29, 1.82) is 0 Å². The summed E-state index contributed by atoms with van der Waals surface area (Å²) in [4.78, 5) is 0. The second-order valence-electron chi connectivity index (χ2n) is 7.43. The summed E-state index contributed by atoms with van der Waals surface area (Å²) < 4.78 is 0. The van der Waals surface area contributed by atoms with E-state index in [4.69, 9.17) is 0 Å². The summed E-state index contributed by atoms with van der Waals surface area (Å²) in [5.41, 5.74) is 1.74. The van der Waals surface area contributed by atoms with Crippen molar-refractivity contribution in [3.8, 4) is 0 Å². The Labute approximate surface area is 132 Å². The molecule has 2 rings (SSSR count). The summed E-state index contributed by atoms with van der Waals surface area (Å²) in [7, 11) is -1.05. The third kappa shape index (κ3) is 3.08. The minimum Gasteiger partial charge on any atom is -0.0804 e. The van der Waals surface area contributed by atoms with Crippen molar-refractivity contribution in [3.05, 3.63) is 60.1 Å². The van der Waals surface area contributed by atoms with Gasteiger partial charge in [0, 0.05) is 0 Å². The Morgan fingerprint density at radius 1 is 1.05 bits per heavy atom. The van der Waals surface area contributed by atoms with Gasteiger partial charge >= 0.3 is 0 Å². The van der Waals surface area contributed by atoms with E-state index in [1.165, 1.54) is 0 Å².